The van der Waals surface area contributed by atoms with Crippen molar-refractivity contribution in [3.63, 3.8) is 0 Å². The number of carbonyl (C=O) groups excluding carboxylic acids is 1. The van der Waals surface area contributed by atoms with Crippen LogP contribution in [-0.2, 0) is 0 Å². The van der Waals surface area contributed by atoms with Crippen molar-refractivity contribution >= 4 is 17.8 Å². The van der Waals surface area contributed by atoms with Crippen LogP contribution in [0.3, 0.4) is 0 Å². The Balaban J connectivity index is 1.83. The molecule has 0 heterocycles. The van der Waals surface area contributed by atoms with E-state index < -0.39 is 10.8 Å². The topological polar surface area (TPSA) is 93.8 Å². The molecular formula is C19H21N3O4. The highest BCUT2D eigenvalue weighted by molar-refractivity contribution is 5.95. The molecule has 0 fully saturated rings. The van der Waals surface area contributed by atoms with Crippen molar-refractivity contribution in [2.24, 2.45) is 5.10 Å². The molecule has 2 aromatic carbocycles. The number of hydrogen-bond acceptors (Lipinski definition) is 5. The first-order chi connectivity index (χ1) is 12.6. The average molecular weight is 355 g/mol. The molecule has 7 heteroatoms. The van der Waals surface area contributed by atoms with Gasteiger partial charge in [-0.25, -0.2) is 5.43 Å². The van der Waals surface area contributed by atoms with Crippen molar-refractivity contribution < 1.29 is 14.5 Å². The van der Waals surface area contributed by atoms with Crippen molar-refractivity contribution in [3.8, 4) is 5.75 Å². The number of benzene rings is 2. The molecule has 0 aliphatic heterocycles. The van der Waals surface area contributed by atoms with Crippen molar-refractivity contribution in [2.45, 2.75) is 26.2 Å². The lowest BCUT2D eigenvalue weighted by Gasteiger charge is -2.05. The fourth-order valence-corrected chi connectivity index (χ4v) is 2.16. The van der Waals surface area contributed by atoms with Gasteiger partial charge in [0.1, 0.15) is 5.75 Å². The first-order valence-corrected chi connectivity index (χ1v) is 8.41. The largest absolute Gasteiger partial charge is 0.494 e. The van der Waals surface area contributed by atoms with Crippen LogP contribution in [0.25, 0.3) is 0 Å². The number of amides is 1. The average Bonchev–Trinajstić information content (AvgIpc) is 2.66. The van der Waals surface area contributed by atoms with Crippen molar-refractivity contribution in [3.05, 3.63) is 69.8 Å². The summed E-state index contributed by atoms with van der Waals surface area (Å²) in [7, 11) is 0. The lowest BCUT2D eigenvalue weighted by atomic mass is 10.2. The van der Waals surface area contributed by atoms with Crippen LogP contribution in [0.2, 0.25) is 0 Å². The smallest absolute Gasteiger partial charge is 0.271 e. The third-order valence-electron chi connectivity index (χ3n) is 3.62. The van der Waals surface area contributed by atoms with Gasteiger partial charge in [-0.1, -0.05) is 19.8 Å². The van der Waals surface area contributed by atoms with E-state index in [0.29, 0.717) is 12.2 Å². The van der Waals surface area contributed by atoms with E-state index in [1.807, 2.05) is 24.3 Å². The van der Waals surface area contributed by atoms with Crippen molar-refractivity contribution in [1.29, 1.82) is 0 Å². The van der Waals surface area contributed by atoms with Gasteiger partial charge in [0.25, 0.3) is 11.6 Å². The molecule has 7 nitrogen and oxygen atoms in total. The van der Waals surface area contributed by atoms with E-state index in [0.717, 1.165) is 30.6 Å². The summed E-state index contributed by atoms with van der Waals surface area (Å²) in [6.45, 7) is 2.85. The molecule has 0 aromatic heterocycles. The molecule has 26 heavy (non-hydrogen) atoms. The van der Waals surface area contributed by atoms with Crippen LogP contribution < -0.4 is 10.2 Å². The van der Waals surface area contributed by atoms with Crippen LogP contribution in [-0.4, -0.2) is 23.7 Å². The molecule has 0 saturated heterocycles. The number of nitrogens with one attached hydrogen (secondary N) is 1. The second-order valence-electron chi connectivity index (χ2n) is 5.63. The molecular weight excluding hydrogens is 334 g/mol. The molecule has 0 radical (unpaired) electrons. The van der Waals surface area contributed by atoms with Crippen LogP contribution in [0.5, 0.6) is 5.75 Å². The molecule has 136 valence electrons. The Kier molecular flexibility index (Phi) is 7.30. The fourth-order valence-electron chi connectivity index (χ4n) is 2.16. The van der Waals surface area contributed by atoms with Crippen LogP contribution in [0.15, 0.2) is 53.6 Å². The van der Waals surface area contributed by atoms with Gasteiger partial charge in [-0.2, -0.15) is 5.10 Å². The normalized spacial score (nSPS) is 10.7. The van der Waals surface area contributed by atoms with Gasteiger partial charge in [0.05, 0.1) is 17.7 Å². The number of nitro groups is 1. The Morgan fingerprint density at radius 2 is 1.85 bits per heavy atom. The third kappa shape index (κ3) is 6.01. The monoisotopic (exact) mass is 355 g/mol. The van der Waals surface area contributed by atoms with Gasteiger partial charge < -0.3 is 4.74 Å². The Labute approximate surface area is 151 Å². The molecule has 0 unspecified atom stereocenters. The summed E-state index contributed by atoms with van der Waals surface area (Å²) in [4.78, 5) is 22.0. The number of non-ortho nitro benzene ring substituents is 1. The second-order valence-corrected chi connectivity index (χ2v) is 5.63. The highest BCUT2D eigenvalue weighted by Crippen LogP contribution is 2.13. The van der Waals surface area contributed by atoms with Gasteiger partial charge in [-0.3, -0.25) is 14.9 Å². The molecule has 0 saturated carbocycles. The minimum atomic E-state index is -0.517. The molecule has 0 aliphatic carbocycles. The summed E-state index contributed by atoms with van der Waals surface area (Å²) in [5, 5.41) is 14.5. The van der Waals surface area contributed by atoms with E-state index in [-0.39, 0.29) is 5.69 Å². The SMILES string of the molecule is CCCCCOc1ccc(C=NNC(=O)c2ccc([N+](=O)[O-])cc2)cc1. The van der Waals surface area contributed by atoms with Crippen molar-refractivity contribution in [2.75, 3.05) is 6.61 Å². The first kappa shape index (κ1) is 19.1. The number of hydrogen-bond donors (Lipinski definition) is 1. The summed E-state index contributed by atoms with van der Waals surface area (Å²) >= 11 is 0. The predicted octanol–water partition coefficient (Wildman–Crippen LogP) is 3.93. The molecule has 1 amide bonds. The van der Waals surface area contributed by atoms with Crippen LogP contribution >= 0.6 is 0 Å². The zero-order valence-electron chi connectivity index (χ0n) is 14.6. The number of nitro benzene ring substituents is 1. The second kappa shape index (κ2) is 9.93. The van der Waals surface area contributed by atoms with E-state index >= 15 is 0 Å². The van der Waals surface area contributed by atoms with Crippen LogP contribution in [0.1, 0.15) is 42.1 Å². The molecule has 0 aliphatic rings. The third-order valence-corrected chi connectivity index (χ3v) is 3.62. The summed E-state index contributed by atoms with van der Waals surface area (Å²) in [5.41, 5.74) is 3.43. The van der Waals surface area contributed by atoms with E-state index in [9.17, 15) is 14.9 Å². The maximum absolute atomic E-state index is 11.9. The van der Waals surface area contributed by atoms with Gasteiger partial charge >= 0.3 is 0 Å². The standard InChI is InChI=1S/C19H21N3O4/c1-2-3-4-13-26-18-11-5-15(6-12-18)14-20-21-19(23)16-7-9-17(10-8-16)22(24)25/h5-12,14H,2-4,13H2,1H3,(H,21,23). The number of nitrogens with zero attached hydrogens (tertiary/aromatic N) is 2. The van der Waals surface area contributed by atoms with Crippen LogP contribution in [0, 0.1) is 10.1 Å². The number of carbonyl (C=O) groups is 1. The fraction of sp³-hybridized carbons (Fsp3) is 0.263. The van der Waals surface area contributed by atoms with Gasteiger partial charge in [0.2, 0.25) is 0 Å². The Morgan fingerprint density at radius 3 is 2.46 bits per heavy atom. The molecule has 0 atom stereocenters. The summed E-state index contributed by atoms with van der Waals surface area (Å²) in [6, 6.07) is 12.7. The summed E-state index contributed by atoms with van der Waals surface area (Å²) in [5.74, 6) is 0.361. The zero-order valence-corrected chi connectivity index (χ0v) is 14.6. The number of ether oxygens (including phenoxy) is 1. The molecule has 2 aromatic rings. The lowest BCUT2D eigenvalue weighted by molar-refractivity contribution is -0.384. The Hall–Kier alpha value is -3.22. The minimum absolute atomic E-state index is 0.0675. The zero-order chi connectivity index (χ0) is 18.8. The molecule has 0 bridgehead atoms. The van der Waals surface area contributed by atoms with Gasteiger partial charge in [-0.05, 0) is 48.4 Å². The van der Waals surface area contributed by atoms with E-state index in [1.54, 1.807) is 0 Å². The maximum Gasteiger partial charge on any atom is 0.271 e. The van der Waals surface area contributed by atoms with E-state index in [1.165, 1.54) is 30.5 Å². The van der Waals surface area contributed by atoms with E-state index in [4.69, 9.17) is 4.74 Å². The van der Waals surface area contributed by atoms with Gasteiger partial charge in [0, 0.05) is 17.7 Å². The molecule has 1 N–H and O–H groups in total. The Bertz CT molecular complexity index is 755. The number of rotatable bonds is 9. The summed E-state index contributed by atoms with van der Waals surface area (Å²) in [6.07, 6.45) is 4.86. The number of hydrazone groups is 1. The van der Waals surface area contributed by atoms with Crippen molar-refractivity contribution in [1.82, 2.24) is 5.43 Å². The van der Waals surface area contributed by atoms with Gasteiger partial charge in [-0.15, -0.1) is 0 Å². The minimum Gasteiger partial charge on any atom is -0.494 e. The highest BCUT2D eigenvalue weighted by Gasteiger charge is 2.08. The van der Waals surface area contributed by atoms with Crippen LogP contribution in [0.4, 0.5) is 5.69 Å². The quantitative estimate of drug-likeness (QED) is 0.319. The maximum atomic E-state index is 11.9. The predicted molar refractivity (Wildman–Crippen MR) is 99.6 cm³/mol. The van der Waals surface area contributed by atoms with E-state index in [2.05, 4.69) is 17.5 Å². The molecule has 2 rings (SSSR count). The first-order valence-electron chi connectivity index (χ1n) is 8.41. The summed E-state index contributed by atoms with van der Waals surface area (Å²) < 4.78 is 5.63. The lowest BCUT2D eigenvalue weighted by Crippen LogP contribution is -2.17. The van der Waals surface area contributed by atoms with Gasteiger partial charge in [0.15, 0.2) is 0 Å². The highest BCUT2D eigenvalue weighted by atomic mass is 16.6. The Morgan fingerprint density at radius 1 is 1.15 bits per heavy atom. The molecule has 0 spiro atoms. The number of unbranched alkanes of at least 4 members (excludes halogenated alkanes) is 2.